The van der Waals surface area contributed by atoms with Crippen LogP contribution in [0.5, 0.6) is 0 Å². The van der Waals surface area contributed by atoms with E-state index >= 15 is 0 Å². The van der Waals surface area contributed by atoms with Crippen LogP contribution in [0.1, 0.15) is 45.4 Å². The molecule has 0 aromatic heterocycles. The minimum Gasteiger partial charge on any atom is -0.468 e. The largest absolute Gasteiger partial charge is 0.468 e. The first-order valence-electron chi connectivity index (χ1n) is 6.47. The van der Waals surface area contributed by atoms with E-state index < -0.39 is 5.97 Å². The molecular weight excluding hydrogens is 218 g/mol. The SMILES string of the molecule is COC(=O)CNC(=O)C[C@H](C)C1CCCCC1. The van der Waals surface area contributed by atoms with Gasteiger partial charge in [-0.1, -0.05) is 39.0 Å². The number of rotatable bonds is 5. The number of nitrogens with one attached hydrogen (secondary N) is 1. The number of amides is 1. The van der Waals surface area contributed by atoms with Crippen LogP contribution in [-0.4, -0.2) is 25.5 Å². The van der Waals surface area contributed by atoms with Gasteiger partial charge in [-0.3, -0.25) is 9.59 Å². The molecule has 1 N–H and O–H groups in total. The minimum atomic E-state index is -0.399. The first-order chi connectivity index (χ1) is 8.13. The summed E-state index contributed by atoms with van der Waals surface area (Å²) in [5.74, 6) is 0.637. The summed E-state index contributed by atoms with van der Waals surface area (Å²) in [6.07, 6.45) is 6.91. The molecule has 0 radical (unpaired) electrons. The maximum atomic E-state index is 11.6. The van der Waals surface area contributed by atoms with Crippen LogP contribution in [0.4, 0.5) is 0 Å². The summed E-state index contributed by atoms with van der Waals surface area (Å²) in [6.45, 7) is 2.11. The van der Waals surface area contributed by atoms with E-state index in [2.05, 4.69) is 17.0 Å². The van der Waals surface area contributed by atoms with Gasteiger partial charge in [0.1, 0.15) is 6.54 Å². The molecule has 1 fully saturated rings. The topological polar surface area (TPSA) is 55.4 Å². The Morgan fingerprint density at radius 3 is 2.53 bits per heavy atom. The molecule has 98 valence electrons. The Morgan fingerprint density at radius 1 is 1.29 bits per heavy atom. The van der Waals surface area contributed by atoms with Gasteiger partial charge < -0.3 is 10.1 Å². The number of methoxy groups -OCH3 is 1. The lowest BCUT2D eigenvalue weighted by molar-refractivity contribution is -0.141. The van der Waals surface area contributed by atoms with Crippen molar-refractivity contribution in [2.24, 2.45) is 11.8 Å². The van der Waals surface area contributed by atoms with Crippen molar-refractivity contribution in [1.29, 1.82) is 0 Å². The first kappa shape index (κ1) is 14.0. The summed E-state index contributed by atoms with van der Waals surface area (Å²) in [5.41, 5.74) is 0. The number of ether oxygens (including phenoxy) is 1. The molecular formula is C13H23NO3. The van der Waals surface area contributed by atoms with E-state index in [1.807, 2.05) is 0 Å². The lowest BCUT2D eigenvalue weighted by atomic mass is 9.79. The van der Waals surface area contributed by atoms with Crippen LogP contribution in [0.2, 0.25) is 0 Å². The fourth-order valence-electron chi connectivity index (χ4n) is 2.48. The Bertz CT molecular complexity index is 259. The molecule has 1 saturated carbocycles. The van der Waals surface area contributed by atoms with Gasteiger partial charge in [0, 0.05) is 6.42 Å². The zero-order chi connectivity index (χ0) is 12.7. The van der Waals surface area contributed by atoms with Gasteiger partial charge in [-0.15, -0.1) is 0 Å². The van der Waals surface area contributed by atoms with Crippen molar-refractivity contribution in [2.45, 2.75) is 45.4 Å². The third kappa shape index (κ3) is 5.20. The molecule has 0 heterocycles. The third-order valence-electron chi connectivity index (χ3n) is 3.62. The summed E-state index contributed by atoms with van der Waals surface area (Å²) >= 11 is 0. The average Bonchev–Trinajstić information content (AvgIpc) is 2.36. The molecule has 17 heavy (non-hydrogen) atoms. The molecule has 0 aliphatic heterocycles. The minimum absolute atomic E-state index is 0.0211. The average molecular weight is 241 g/mol. The van der Waals surface area contributed by atoms with Gasteiger partial charge in [0.2, 0.25) is 5.91 Å². The van der Waals surface area contributed by atoms with Gasteiger partial charge in [0.05, 0.1) is 7.11 Å². The van der Waals surface area contributed by atoms with Crippen molar-refractivity contribution < 1.29 is 14.3 Å². The number of hydrogen-bond donors (Lipinski definition) is 1. The molecule has 4 nitrogen and oxygen atoms in total. The Hall–Kier alpha value is -1.06. The van der Waals surface area contributed by atoms with E-state index in [1.54, 1.807) is 0 Å². The highest BCUT2D eigenvalue weighted by molar-refractivity contribution is 5.81. The monoisotopic (exact) mass is 241 g/mol. The summed E-state index contributed by atoms with van der Waals surface area (Å²) < 4.78 is 4.47. The van der Waals surface area contributed by atoms with E-state index in [0.29, 0.717) is 18.3 Å². The molecule has 0 aromatic carbocycles. The predicted molar refractivity (Wildman–Crippen MR) is 65.4 cm³/mol. The standard InChI is InChI=1S/C13H23NO3/c1-10(11-6-4-3-5-7-11)8-12(15)14-9-13(16)17-2/h10-11H,3-9H2,1-2H3,(H,14,15)/t10-/m0/s1. The molecule has 1 aliphatic rings. The second-order valence-electron chi connectivity index (χ2n) is 4.93. The lowest BCUT2D eigenvalue weighted by Gasteiger charge is -2.27. The van der Waals surface area contributed by atoms with Gasteiger partial charge >= 0.3 is 5.97 Å². The van der Waals surface area contributed by atoms with Crippen LogP contribution in [-0.2, 0) is 14.3 Å². The van der Waals surface area contributed by atoms with Gasteiger partial charge in [-0.25, -0.2) is 0 Å². The van der Waals surface area contributed by atoms with Crippen LogP contribution >= 0.6 is 0 Å². The second-order valence-corrected chi connectivity index (χ2v) is 4.93. The molecule has 1 atom stereocenters. The summed E-state index contributed by atoms with van der Waals surface area (Å²) in [5, 5.41) is 2.59. The quantitative estimate of drug-likeness (QED) is 0.748. The van der Waals surface area contributed by atoms with E-state index in [1.165, 1.54) is 39.2 Å². The molecule has 0 aromatic rings. The molecule has 1 amide bonds. The summed E-state index contributed by atoms with van der Waals surface area (Å²) in [7, 11) is 1.32. The maximum Gasteiger partial charge on any atom is 0.325 e. The van der Waals surface area contributed by atoms with Crippen LogP contribution in [0, 0.1) is 11.8 Å². The van der Waals surface area contributed by atoms with Gasteiger partial charge in [-0.2, -0.15) is 0 Å². The van der Waals surface area contributed by atoms with Crippen LogP contribution in [0.3, 0.4) is 0 Å². The number of hydrogen-bond acceptors (Lipinski definition) is 3. The highest BCUT2D eigenvalue weighted by atomic mass is 16.5. The van der Waals surface area contributed by atoms with Crippen molar-refractivity contribution in [1.82, 2.24) is 5.32 Å². The number of esters is 1. The highest BCUT2D eigenvalue weighted by Crippen LogP contribution is 2.31. The van der Waals surface area contributed by atoms with Crippen LogP contribution in [0.15, 0.2) is 0 Å². The lowest BCUT2D eigenvalue weighted by Crippen LogP contribution is -2.32. The van der Waals surface area contributed by atoms with E-state index in [9.17, 15) is 9.59 Å². The van der Waals surface area contributed by atoms with Gasteiger partial charge in [0.15, 0.2) is 0 Å². The van der Waals surface area contributed by atoms with Crippen molar-refractivity contribution in [3.05, 3.63) is 0 Å². The molecule has 0 saturated heterocycles. The van der Waals surface area contributed by atoms with Crippen molar-refractivity contribution in [2.75, 3.05) is 13.7 Å². The fourth-order valence-corrected chi connectivity index (χ4v) is 2.48. The van der Waals surface area contributed by atoms with E-state index in [4.69, 9.17) is 0 Å². The maximum absolute atomic E-state index is 11.6. The summed E-state index contributed by atoms with van der Waals surface area (Å²) in [6, 6.07) is 0. The van der Waals surface area contributed by atoms with E-state index in [-0.39, 0.29) is 12.5 Å². The number of carbonyl (C=O) groups excluding carboxylic acids is 2. The molecule has 0 spiro atoms. The normalized spacial score (nSPS) is 18.5. The summed E-state index contributed by atoms with van der Waals surface area (Å²) in [4.78, 5) is 22.5. The molecule has 0 unspecified atom stereocenters. The van der Waals surface area contributed by atoms with Crippen LogP contribution < -0.4 is 5.32 Å². The molecule has 4 heteroatoms. The third-order valence-corrected chi connectivity index (χ3v) is 3.62. The Labute approximate surface area is 103 Å². The fraction of sp³-hybridized carbons (Fsp3) is 0.846. The highest BCUT2D eigenvalue weighted by Gasteiger charge is 2.22. The molecule has 1 rings (SSSR count). The Balaban J connectivity index is 2.22. The van der Waals surface area contributed by atoms with Gasteiger partial charge in [-0.05, 0) is 11.8 Å². The second kappa shape index (κ2) is 7.30. The predicted octanol–water partition coefficient (Wildman–Crippen LogP) is 1.88. The zero-order valence-electron chi connectivity index (χ0n) is 10.8. The van der Waals surface area contributed by atoms with Crippen LogP contribution in [0.25, 0.3) is 0 Å². The zero-order valence-corrected chi connectivity index (χ0v) is 10.8. The number of carbonyl (C=O) groups is 2. The smallest absolute Gasteiger partial charge is 0.325 e. The molecule has 1 aliphatic carbocycles. The first-order valence-corrected chi connectivity index (χ1v) is 6.47. The van der Waals surface area contributed by atoms with Crippen molar-refractivity contribution in [3.8, 4) is 0 Å². The Kier molecular flexibility index (Phi) is 6.01. The van der Waals surface area contributed by atoms with Crippen molar-refractivity contribution >= 4 is 11.9 Å². The van der Waals surface area contributed by atoms with Crippen molar-refractivity contribution in [3.63, 3.8) is 0 Å². The Morgan fingerprint density at radius 2 is 1.94 bits per heavy atom. The van der Waals surface area contributed by atoms with E-state index in [0.717, 1.165) is 0 Å². The van der Waals surface area contributed by atoms with Gasteiger partial charge in [0.25, 0.3) is 0 Å². The molecule has 0 bridgehead atoms.